The van der Waals surface area contributed by atoms with E-state index in [-0.39, 0.29) is 14.4 Å². The van der Waals surface area contributed by atoms with Crippen LogP contribution in [0.1, 0.15) is 5.69 Å². The molecule has 0 atom stereocenters. The number of nitrogens with one attached hydrogen (secondary N) is 1. The fourth-order valence-corrected chi connectivity index (χ4v) is 4.29. The van der Waals surface area contributed by atoms with Crippen LogP contribution in [-0.2, 0) is 10.0 Å². The van der Waals surface area contributed by atoms with Gasteiger partial charge in [0.25, 0.3) is 10.0 Å². The molecule has 0 radical (unpaired) electrons. The summed E-state index contributed by atoms with van der Waals surface area (Å²) in [5.41, 5.74) is -1.51. The molecule has 0 spiro atoms. The number of aryl methyl sites for hydroxylation is 1. The van der Waals surface area contributed by atoms with Gasteiger partial charge in [-0.15, -0.1) is 0 Å². The van der Waals surface area contributed by atoms with Gasteiger partial charge in [0.2, 0.25) is 0 Å². The molecule has 0 saturated carbocycles. The summed E-state index contributed by atoms with van der Waals surface area (Å²) < 4.78 is 26.1. The van der Waals surface area contributed by atoms with Gasteiger partial charge in [0.1, 0.15) is 5.54 Å². The second-order valence-electron chi connectivity index (χ2n) is 3.70. The van der Waals surface area contributed by atoms with Crippen molar-refractivity contribution in [2.24, 2.45) is 0 Å². The molecule has 4 N–H and O–H groups in total. The lowest BCUT2D eigenvalue weighted by molar-refractivity contribution is 0.0582. The predicted molar refractivity (Wildman–Crippen MR) is 66.2 cm³/mol. The van der Waals surface area contributed by atoms with Crippen LogP contribution >= 0.6 is 22.9 Å². The summed E-state index contributed by atoms with van der Waals surface area (Å²) >= 11 is 6.36. The highest BCUT2D eigenvalue weighted by molar-refractivity contribution is 7.91. The molecule has 1 aromatic heterocycles. The van der Waals surface area contributed by atoms with E-state index in [1.54, 1.807) is 0 Å². The Morgan fingerprint density at radius 2 is 1.83 bits per heavy atom. The average molecular weight is 317 g/mol. The molecule has 1 rings (SSSR count). The lowest BCUT2D eigenvalue weighted by Crippen LogP contribution is -2.56. The molecule has 0 fully saturated rings. The average Bonchev–Trinajstić information content (AvgIpc) is 2.66. The Kier molecular flexibility index (Phi) is 5.06. The first-order chi connectivity index (χ1) is 8.30. The Morgan fingerprint density at radius 1 is 1.33 bits per heavy atom. The first kappa shape index (κ1) is 15.8. The van der Waals surface area contributed by atoms with Crippen molar-refractivity contribution in [3.05, 3.63) is 10.2 Å². The smallest absolute Gasteiger partial charge is 0.252 e. The zero-order valence-corrected chi connectivity index (χ0v) is 11.8. The molecule has 0 aliphatic rings. The Balaban J connectivity index is 3.12. The standard InChI is InChI=1S/C8H13ClN2O5S2/c1-5-6(17-7(9)10-5)18(15,16)11-8(2-12,3-13)4-14/h11-14H,2-4H2,1H3. The van der Waals surface area contributed by atoms with Crippen molar-refractivity contribution in [2.45, 2.75) is 16.7 Å². The first-order valence-corrected chi connectivity index (χ1v) is 7.47. The van der Waals surface area contributed by atoms with Crippen LogP contribution in [-0.4, -0.2) is 54.1 Å². The van der Waals surface area contributed by atoms with Crippen molar-refractivity contribution < 1.29 is 23.7 Å². The summed E-state index contributed by atoms with van der Waals surface area (Å²) in [6.45, 7) is -0.768. The van der Waals surface area contributed by atoms with E-state index in [0.29, 0.717) is 0 Å². The third kappa shape index (κ3) is 3.18. The lowest BCUT2D eigenvalue weighted by atomic mass is 10.1. The fourth-order valence-electron chi connectivity index (χ4n) is 1.18. The van der Waals surface area contributed by atoms with Crippen molar-refractivity contribution >= 4 is 33.0 Å². The van der Waals surface area contributed by atoms with E-state index in [4.69, 9.17) is 26.9 Å². The molecule has 0 aliphatic carbocycles. The van der Waals surface area contributed by atoms with Crippen LogP contribution in [0.4, 0.5) is 0 Å². The van der Waals surface area contributed by atoms with Crippen LogP contribution in [0.5, 0.6) is 0 Å². The van der Waals surface area contributed by atoms with Crippen molar-refractivity contribution in [3.8, 4) is 0 Å². The van der Waals surface area contributed by atoms with Gasteiger partial charge in [0, 0.05) is 0 Å². The number of aliphatic hydroxyl groups is 3. The number of sulfonamides is 1. The third-order valence-corrected chi connectivity index (χ3v) is 5.68. The van der Waals surface area contributed by atoms with E-state index in [9.17, 15) is 8.42 Å². The molecule has 10 heteroatoms. The van der Waals surface area contributed by atoms with Gasteiger partial charge in [-0.25, -0.2) is 13.4 Å². The van der Waals surface area contributed by atoms with Crippen LogP contribution in [0.2, 0.25) is 4.47 Å². The van der Waals surface area contributed by atoms with E-state index in [1.807, 2.05) is 0 Å². The summed E-state index contributed by atoms with van der Waals surface area (Å²) in [6, 6.07) is 0. The Labute approximate surface area is 113 Å². The first-order valence-electron chi connectivity index (χ1n) is 4.80. The van der Waals surface area contributed by atoms with Gasteiger partial charge < -0.3 is 15.3 Å². The number of hydrogen-bond acceptors (Lipinski definition) is 7. The van der Waals surface area contributed by atoms with Gasteiger partial charge in [-0.3, -0.25) is 0 Å². The van der Waals surface area contributed by atoms with Gasteiger partial charge in [-0.1, -0.05) is 22.9 Å². The quantitative estimate of drug-likeness (QED) is 0.540. The van der Waals surface area contributed by atoms with Gasteiger partial charge in [-0.2, -0.15) is 4.72 Å². The van der Waals surface area contributed by atoms with E-state index in [2.05, 4.69) is 9.71 Å². The molecule has 0 unspecified atom stereocenters. The largest absolute Gasteiger partial charge is 0.394 e. The Morgan fingerprint density at radius 3 is 2.17 bits per heavy atom. The molecule has 18 heavy (non-hydrogen) atoms. The van der Waals surface area contributed by atoms with Crippen molar-refractivity contribution in [1.29, 1.82) is 0 Å². The molecule has 104 valence electrons. The number of thiazole rings is 1. The lowest BCUT2D eigenvalue weighted by Gasteiger charge is -2.27. The zero-order valence-electron chi connectivity index (χ0n) is 9.42. The number of halogens is 1. The molecule has 0 saturated heterocycles. The van der Waals surface area contributed by atoms with E-state index in [1.165, 1.54) is 6.92 Å². The van der Waals surface area contributed by atoms with Crippen molar-refractivity contribution in [2.75, 3.05) is 19.8 Å². The van der Waals surface area contributed by atoms with Crippen LogP contribution in [0.25, 0.3) is 0 Å². The molecule has 1 heterocycles. The van der Waals surface area contributed by atoms with Crippen molar-refractivity contribution in [3.63, 3.8) is 0 Å². The molecule has 0 amide bonds. The molecule has 0 aliphatic heterocycles. The highest BCUT2D eigenvalue weighted by Crippen LogP contribution is 2.27. The topological polar surface area (TPSA) is 120 Å². The maximum atomic E-state index is 12.0. The number of aromatic nitrogens is 1. The minimum absolute atomic E-state index is 0.0653. The number of nitrogens with zero attached hydrogens (tertiary/aromatic N) is 1. The second-order valence-corrected chi connectivity index (χ2v) is 7.16. The maximum Gasteiger partial charge on any atom is 0.252 e. The Bertz CT molecular complexity index is 503. The van der Waals surface area contributed by atoms with Crippen molar-refractivity contribution in [1.82, 2.24) is 9.71 Å². The minimum atomic E-state index is -4.02. The molecule has 7 nitrogen and oxygen atoms in total. The monoisotopic (exact) mass is 316 g/mol. The van der Waals surface area contributed by atoms with Crippen LogP contribution in [0, 0.1) is 6.92 Å². The molecule has 1 aromatic rings. The predicted octanol–water partition coefficient (Wildman–Crippen LogP) is -0.901. The minimum Gasteiger partial charge on any atom is -0.394 e. The van der Waals surface area contributed by atoms with E-state index in [0.717, 1.165) is 11.3 Å². The number of rotatable bonds is 6. The molecular weight excluding hydrogens is 304 g/mol. The van der Waals surface area contributed by atoms with Gasteiger partial charge in [0.15, 0.2) is 8.68 Å². The normalized spacial score (nSPS) is 12.9. The molecular formula is C8H13ClN2O5S2. The summed E-state index contributed by atoms with van der Waals surface area (Å²) in [7, 11) is -4.02. The number of hydrogen-bond donors (Lipinski definition) is 4. The highest BCUT2D eigenvalue weighted by atomic mass is 35.5. The summed E-state index contributed by atoms with van der Waals surface area (Å²) in [4.78, 5) is 3.76. The van der Waals surface area contributed by atoms with Gasteiger partial charge in [0.05, 0.1) is 25.5 Å². The van der Waals surface area contributed by atoms with Gasteiger partial charge in [-0.05, 0) is 6.92 Å². The molecule has 0 bridgehead atoms. The van der Waals surface area contributed by atoms with E-state index < -0.39 is 35.4 Å². The second kappa shape index (κ2) is 5.78. The maximum absolute atomic E-state index is 12.0. The zero-order chi connectivity index (χ0) is 14.0. The van der Waals surface area contributed by atoms with Crippen LogP contribution < -0.4 is 4.72 Å². The van der Waals surface area contributed by atoms with Gasteiger partial charge >= 0.3 is 0 Å². The SMILES string of the molecule is Cc1nc(Cl)sc1S(=O)(=O)NC(CO)(CO)CO. The Hall–Kier alpha value is -0.290. The highest BCUT2D eigenvalue weighted by Gasteiger charge is 2.35. The van der Waals surface area contributed by atoms with Crippen LogP contribution in [0.3, 0.4) is 0 Å². The number of aliphatic hydroxyl groups excluding tert-OH is 3. The summed E-state index contributed by atoms with van der Waals surface area (Å²) in [5.74, 6) is 0. The molecule has 0 aromatic carbocycles. The third-order valence-electron chi connectivity index (χ3n) is 2.23. The summed E-state index contributed by atoms with van der Waals surface area (Å²) in [5, 5.41) is 27.2. The van der Waals surface area contributed by atoms with E-state index >= 15 is 0 Å². The fraction of sp³-hybridized carbons (Fsp3) is 0.625. The summed E-state index contributed by atoms with van der Waals surface area (Å²) in [6.07, 6.45) is 0. The van der Waals surface area contributed by atoms with Crippen LogP contribution in [0.15, 0.2) is 4.21 Å².